The molecule has 1 aromatic rings. The second-order valence-corrected chi connectivity index (χ2v) is 6.81. The van der Waals surface area contributed by atoms with Gasteiger partial charge in [-0.15, -0.1) is 11.3 Å². The van der Waals surface area contributed by atoms with E-state index in [4.69, 9.17) is 0 Å². The molecule has 0 spiro atoms. The van der Waals surface area contributed by atoms with E-state index in [1.165, 1.54) is 44.2 Å². The molecule has 1 heterocycles. The average molecular weight is 264 g/mol. The van der Waals surface area contributed by atoms with E-state index in [0.29, 0.717) is 6.04 Å². The van der Waals surface area contributed by atoms with Crippen LogP contribution in [0.1, 0.15) is 57.2 Å². The van der Waals surface area contributed by atoms with E-state index in [2.05, 4.69) is 22.6 Å². The summed E-state index contributed by atoms with van der Waals surface area (Å²) in [5.41, 5.74) is 3.24. The Labute approximate surface area is 114 Å². The molecule has 0 saturated heterocycles. The lowest BCUT2D eigenvalue weighted by molar-refractivity contribution is 0.277. The Bertz CT molecular complexity index is 363. The molecule has 2 fully saturated rings. The van der Waals surface area contributed by atoms with Gasteiger partial charge in [-0.2, -0.15) is 0 Å². The summed E-state index contributed by atoms with van der Waals surface area (Å²) in [6, 6.07) is 0.501. The smallest absolute Gasteiger partial charge is 0.0795 e. The Morgan fingerprint density at radius 1 is 1.44 bits per heavy atom. The number of rotatable bonds is 6. The zero-order valence-electron chi connectivity index (χ0n) is 11.3. The zero-order valence-corrected chi connectivity index (χ0v) is 12.1. The molecule has 2 nitrogen and oxygen atoms in total. The van der Waals surface area contributed by atoms with E-state index in [-0.39, 0.29) is 0 Å². The highest BCUT2D eigenvalue weighted by molar-refractivity contribution is 7.07. The molecule has 2 aliphatic carbocycles. The fraction of sp³-hybridized carbons (Fsp3) is 0.800. The van der Waals surface area contributed by atoms with Crippen molar-refractivity contribution in [2.75, 3.05) is 6.54 Å². The quantitative estimate of drug-likeness (QED) is 0.839. The molecule has 3 rings (SSSR count). The van der Waals surface area contributed by atoms with Gasteiger partial charge in [0.15, 0.2) is 0 Å². The summed E-state index contributed by atoms with van der Waals surface area (Å²) in [4.78, 5) is 4.53. The lowest BCUT2D eigenvalue weighted by Crippen LogP contribution is -2.26. The van der Waals surface area contributed by atoms with Crippen molar-refractivity contribution in [2.45, 2.75) is 51.5 Å². The van der Waals surface area contributed by atoms with Gasteiger partial charge >= 0.3 is 0 Å². The van der Waals surface area contributed by atoms with Gasteiger partial charge in [0.25, 0.3) is 0 Å². The standard InChI is InChI=1S/C15H24N2S/c1-2-5-16-14(15-9-18-10-17-15)8-13-7-11-3-4-12(13)6-11/h9-14,16H,2-8H2,1H3. The van der Waals surface area contributed by atoms with Crippen molar-refractivity contribution >= 4 is 11.3 Å². The maximum Gasteiger partial charge on any atom is 0.0795 e. The molecule has 0 aliphatic heterocycles. The van der Waals surface area contributed by atoms with Crippen molar-refractivity contribution in [1.29, 1.82) is 0 Å². The van der Waals surface area contributed by atoms with Gasteiger partial charge in [0.05, 0.1) is 17.2 Å². The number of nitrogens with zero attached hydrogens (tertiary/aromatic N) is 1. The topological polar surface area (TPSA) is 24.9 Å². The fourth-order valence-electron chi connectivity index (χ4n) is 3.99. The molecule has 0 amide bonds. The molecular weight excluding hydrogens is 240 g/mol. The van der Waals surface area contributed by atoms with E-state index >= 15 is 0 Å². The van der Waals surface area contributed by atoms with E-state index in [9.17, 15) is 0 Å². The summed E-state index contributed by atoms with van der Waals surface area (Å²) in [6.45, 7) is 3.35. The summed E-state index contributed by atoms with van der Waals surface area (Å²) in [5.74, 6) is 3.04. The second-order valence-electron chi connectivity index (χ2n) is 6.09. The number of fused-ring (bicyclic) bond motifs is 2. The van der Waals surface area contributed by atoms with Crippen molar-refractivity contribution in [3.8, 4) is 0 Å². The van der Waals surface area contributed by atoms with Crippen LogP contribution in [0.3, 0.4) is 0 Å². The maximum absolute atomic E-state index is 4.53. The van der Waals surface area contributed by atoms with E-state index in [1.807, 2.05) is 5.51 Å². The molecule has 4 unspecified atom stereocenters. The van der Waals surface area contributed by atoms with Gasteiger partial charge in [-0.3, -0.25) is 0 Å². The number of thiazole rings is 1. The third kappa shape index (κ3) is 2.62. The summed E-state index contributed by atoms with van der Waals surface area (Å²) in [5, 5.41) is 5.93. The van der Waals surface area contributed by atoms with Crippen LogP contribution in [-0.2, 0) is 0 Å². The van der Waals surface area contributed by atoms with Crippen LogP contribution in [0.2, 0.25) is 0 Å². The first-order valence-corrected chi connectivity index (χ1v) is 8.42. The van der Waals surface area contributed by atoms with Crippen molar-refractivity contribution < 1.29 is 0 Å². The Morgan fingerprint density at radius 3 is 3.00 bits per heavy atom. The number of aromatic nitrogens is 1. The van der Waals surface area contributed by atoms with Gasteiger partial charge in [-0.25, -0.2) is 4.98 Å². The number of nitrogens with one attached hydrogen (secondary N) is 1. The highest BCUT2D eigenvalue weighted by Crippen LogP contribution is 2.50. The molecule has 0 aromatic carbocycles. The Morgan fingerprint density at radius 2 is 2.39 bits per heavy atom. The molecule has 1 aromatic heterocycles. The van der Waals surface area contributed by atoms with Gasteiger partial charge in [-0.05, 0) is 56.4 Å². The predicted molar refractivity (Wildman–Crippen MR) is 76.7 cm³/mol. The molecule has 3 heteroatoms. The molecule has 1 N–H and O–H groups in total. The van der Waals surface area contributed by atoms with Gasteiger partial charge in [0, 0.05) is 5.38 Å². The minimum atomic E-state index is 0.501. The first-order valence-electron chi connectivity index (χ1n) is 7.48. The normalized spacial score (nSPS) is 31.9. The highest BCUT2D eigenvalue weighted by atomic mass is 32.1. The van der Waals surface area contributed by atoms with Crippen molar-refractivity contribution in [3.05, 3.63) is 16.6 Å². The van der Waals surface area contributed by atoms with Gasteiger partial charge in [-0.1, -0.05) is 13.3 Å². The van der Waals surface area contributed by atoms with E-state index in [0.717, 1.165) is 24.3 Å². The predicted octanol–water partition coefficient (Wildman–Crippen LogP) is 4.01. The SMILES string of the molecule is CCCNC(CC1CC2CCC1C2)c1cscn1. The van der Waals surface area contributed by atoms with E-state index < -0.39 is 0 Å². The van der Waals surface area contributed by atoms with Crippen molar-refractivity contribution in [1.82, 2.24) is 10.3 Å². The zero-order chi connectivity index (χ0) is 12.4. The third-order valence-corrected chi connectivity index (χ3v) is 5.48. The lowest BCUT2D eigenvalue weighted by Gasteiger charge is -2.26. The van der Waals surface area contributed by atoms with Crippen LogP contribution in [0.15, 0.2) is 10.9 Å². The summed E-state index contributed by atoms with van der Waals surface area (Å²) in [7, 11) is 0. The highest BCUT2D eigenvalue weighted by Gasteiger charge is 2.40. The van der Waals surface area contributed by atoms with Gasteiger partial charge in [0.2, 0.25) is 0 Å². The van der Waals surface area contributed by atoms with Crippen LogP contribution in [-0.4, -0.2) is 11.5 Å². The average Bonchev–Trinajstić information content (AvgIpc) is 3.09. The second kappa shape index (κ2) is 5.70. The maximum atomic E-state index is 4.53. The van der Waals surface area contributed by atoms with Crippen LogP contribution in [0, 0.1) is 17.8 Å². The number of hydrogen-bond acceptors (Lipinski definition) is 3. The van der Waals surface area contributed by atoms with Crippen LogP contribution in [0.25, 0.3) is 0 Å². The Kier molecular flexibility index (Phi) is 4.00. The molecule has 2 saturated carbocycles. The molecule has 2 aliphatic rings. The minimum absolute atomic E-state index is 0.501. The first kappa shape index (κ1) is 12.6. The van der Waals surface area contributed by atoms with Crippen LogP contribution in [0.5, 0.6) is 0 Å². The Balaban J connectivity index is 1.62. The molecule has 4 atom stereocenters. The summed E-state index contributed by atoms with van der Waals surface area (Å²) < 4.78 is 0. The Hall–Kier alpha value is -0.410. The minimum Gasteiger partial charge on any atom is -0.309 e. The number of hydrogen-bond donors (Lipinski definition) is 1. The van der Waals surface area contributed by atoms with Crippen LogP contribution in [0.4, 0.5) is 0 Å². The van der Waals surface area contributed by atoms with Crippen LogP contribution < -0.4 is 5.32 Å². The van der Waals surface area contributed by atoms with Crippen molar-refractivity contribution in [3.63, 3.8) is 0 Å². The summed E-state index contributed by atoms with van der Waals surface area (Å²) >= 11 is 1.72. The van der Waals surface area contributed by atoms with Crippen LogP contribution >= 0.6 is 11.3 Å². The molecule has 2 bridgehead atoms. The molecule has 18 heavy (non-hydrogen) atoms. The largest absolute Gasteiger partial charge is 0.309 e. The molecule has 0 radical (unpaired) electrons. The van der Waals surface area contributed by atoms with Gasteiger partial charge in [0.1, 0.15) is 0 Å². The molecule has 100 valence electrons. The summed E-state index contributed by atoms with van der Waals surface area (Å²) in [6.07, 6.45) is 8.52. The lowest BCUT2D eigenvalue weighted by atomic mass is 9.83. The third-order valence-electron chi connectivity index (χ3n) is 4.87. The first-order chi connectivity index (χ1) is 8.86. The molecular formula is C15H24N2S. The van der Waals surface area contributed by atoms with E-state index in [1.54, 1.807) is 11.3 Å². The van der Waals surface area contributed by atoms with Crippen molar-refractivity contribution in [2.24, 2.45) is 17.8 Å². The monoisotopic (exact) mass is 264 g/mol. The fourth-order valence-corrected chi connectivity index (χ4v) is 4.60. The van der Waals surface area contributed by atoms with Gasteiger partial charge < -0.3 is 5.32 Å².